The van der Waals surface area contributed by atoms with Crippen LogP contribution in [0.15, 0.2) is 24.7 Å². The van der Waals surface area contributed by atoms with E-state index in [2.05, 4.69) is 31.1 Å². The summed E-state index contributed by atoms with van der Waals surface area (Å²) in [5.74, 6) is 1.85. The molecule has 2 aromatic heterocycles. The van der Waals surface area contributed by atoms with Crippen molar-refractivity contribution >= 4 is 5.82 Å². The third-order valence-corrected chi connectivity index (χ3v) is 5.38. The molecule has 2 fully saturated rings. The molecule has 2 aliphatic rings. The van der Waals surface area contributed by atoms with Gasteiger partial charge in [-0.15, -0.1) is 0 Å². The Morgan fingerprint density at radius 3 is 2.83 bits per heavy atom. The van der Waals surface area contributed by atoms with E-state index in [1.54, 1.807) is 13.3 Å². The second-order valence-electron chi connectivity index (χ2n) is 7.40. The summed E-state index contributed by atoms with van der Waals surface area (Å²) in [6, 6.07) is 3.70. The lowest BCUT2D eigenvalue weighted by Gasteiger charge is -2.20. The fourth-order valence-electron chi connectivity index (χ4n) is 3.34. The molecule has 2 atom stereocenters. The number of methoxy groups -OCH3 is 1. The first-order valence-electron chi connectivity index (χ1n) is 9.52. The van der Waals surface area contributed by atoms with Crippen molar-refractivity contribution in [3.63, 3.8) is 0 Å². The highest BCUT2D eigenvalue weighted by molar-refractivity contribution is 5.43. The molecule has 2 unspecified atom stereocenters. The number of pyridine rings is 1. The van der Waals surface area contributed by atoms with Gasteiger partial charge in [0.15, 0.2) is 5.69 Å². The number of hydrazine groups is 1. The van der Waals surface area contributed by atoms with Gasteiger partial charge in [-0.25, -0.2) is 25.8 Å². The number of rotatable bonds is 8. The zero-order chi connectivity index (χ0) is 20.3. The highest BCUT2D eigenvalue weighted by Gasteiger charge is 2.42. The van der Waals surface area contributed by atoms with Crippen LogP contribution >= 0.6 is 0 Å². The first-order chi connectivity index (χ1) is 14.2. The van der Waals surface area contributed by atoms with Crippen LogP contribution in [0, 0.1) is 16.7 Å². The minimum absolute atomic E-state index is 0.0782. The van der Waals surface area contributed by atoms with Crippen LogP contribution in [0.25, 0.3) is 0 Å². The second kappa shape index (κ2) is 8.16. The third kappa shape index (κ3) is 4.22. The molecule has 4 rings (SSSR count). The Morgan fingerprint density at radius 1 is 1.31 bits per heavy atom. The molecule has 0 bridgehead atoms. The van der Waals surface area contributed by atoms with Gasteiger partial charge in [-0.2, -0.15) is 5.26 Å². The summed E-state index contributed by atoms with van der Waals surface area (Å²) in [6.45, 7) is 1.17. The maximum absolute atomic E-state index is 8.83. The van der Waals surface area contributed by atoms with Crippen molar-refractivity contribution in [1.82, 2.24) is 25.8 Å². The van der Waals surface area contributed by atoms with E-state index in [1.807, 2.05) is 12.1 Å². The first kappa shape index (κ1) is 19.3. The topological polar surface area (TPSA) is 143 Å². The van der Waals surface area contributed by atoms with Crippen molar-refractivity contribution in [3.05, 3.63) is 35.9 Å². The number of hydrogen-bond donors (Lipinski definition) is 4. The molecule has 2 aromatic rings. The van der Waals surface area contributed by atoms with Crippen LogP contribution in [-0.4, -0.2) is 41.4 Å². The van der Waals surface area contributed by atoms with E-state index in [4.69, 9.17) is 20.5 Å². The Kier molecular flexibility index (Phi) is 5.44. The van der Waals surface area contributed by atoms with Gasteiger partial charge in [0.25, 0.3) is 0 Å². The van der Waals surface area contributed by atoms with Gasteiger partial charge >= 0.3 is 0 Å². The van der Waals surface area contributed by atoms with Crippen LogP contribution in [0.1, 0.15) is 36.6 Å². The van der Waals surface area contributed by atoms with Gasteiger partial charge < -0.3 is 20.5 Å². The van der Waals surface area contributed by atoms with Gasteiger partial charge in [-0.05, 0) is 18.9 Å². The molecule has 29 heavy (non-hydrogen) atoms. The molecule has 10 nitrogen and oxygen atoms in total. The van der Waals surface area contributed by atoms with Crippen LogP contribution in [0.4, 0.5) is 5.82 Å². The number of ether oxygens (including phenoxy) is 2. The summed E-state index contributed by atoms with van der Waals surface area (Å²) in [4.78, 5) is 12.7. The molecule has 0 spiro atoms. The lowest BCUT2D eigenvalue weighted by molar-refractivity contribution is 0.225. The first-order valence-corrected chi connectivity index (χ1v) is 9.52. The predicted octanol–water partition coefficient (Wildman–Crippen LogP) is 0.847. The zero-order valence-electron chi connectivity index (χ0n) is 16.2. The third-order valence-electron chi connectivity index (χ3n) is 5.38. The molecule has 0 aromatic carbocycles. The fourth-order valence-corrected chi connectivity index (χ4v) is 3.34. The molecule has 1 saturated carbocycles. The largest absolute Gasteiger partial charge is 0.496 e. The van der Waals surface area contributed by atoms with E-state index >= 15 is 0 Å². The van der Waals surface area contributed by atoms with Crippen molar-refractivity contribution < 1.29 is 9.47 Å². The van der Waals surface area contributed by atoms with Gasteiger partial charge in [0, 0.05) is 24.6 Å². The molecule has 10 heteroatoms. The summed E-state index contributed by atoms with van der Waals surface area (Å²) in [5.41, 5.74) is 13.6. The van der Waals surface area contributed by atoms with Gasteiger partial charge in [-0.1, -0.05) is 0 Å². The van der Waals surface area contributed by atoms with Gasteiger partial charge in [-0.3, -0.25) is 0 Å². The Hall–Kier alpha value is -3.00. The highest BCUT2D eigenvalue weighted by Crippen LogP contribution is 2.45. The Morgan fingerprint density at radius 2 is 2.17 bits per heavy atom. The van der Waals surface area contributed by atoms with E-state index < -0.39 is 0 Å². The van der Waals surface area contributed by atoms with Crippen molar-refractivity contribution in [2.75, 3.05) is 25.6 Å². The van der Waals surface area contributed by atoms with Crippen LogP contribution in [0.2, 0.25) is 0 Å². The average Bonchev–Trinajstić information content (AvgIpc) is 3.42. The van der Waals surface area contributed by atoms with E-state index in [9.17, 15) is 0 Å². The van der Waals surface area contributed by atoms with Crippen molar-refractivity contribution in [1.29, 1.82) is 5.26 Å². The molecule has 3 heterocycles. The van der Waals surface area contributed by atoms with Gasteiger partial charge in [0.2, 0.25) is 5.88 Å². The quantitative estimate of drug-likeness (QED) is 0.507. The fraction of sp³-hybridized carbons (Fsp3) is 0.474. The molecule has 1 aliphatic carbocycles. The second-order valence-corrected chi connectivity index (χ2v) is 7.40. The Balaban J connectivity index is 1.46. The molecule has 5 N–H and O–H groups in total. The number of nitrogens with two attached hydrogens (primary N) is 1. The summed E-state index contributed by atoms with van der Waals surface area (Å²) in [5, 5.41) is 12.1. The van der Waals surface area contributed by atoms with E-state index in [-0.39, 0.29) is 23.3 Å². The molecular formula is C19H24N8O2. The number of anilines is 1. The standard InChI is InChI=1S/C19H24N8O2/c1-28-14-2-5-22-18(29-11-19(10-21)3-4-19)17(14)13-6-15(27-26-13)25-16-9-23-12(7-20)8-24-16/h2,5,8-9,13,15,26-27H,3-4,6,10-11,21H2,1H3,(H,24,25). The Bertz CT molecular complexity index is 894. The molecule has 0 radical (unpaired) electrons. The molecule has 0 amide bonds. The number of hydrogen-bond acceptors (Lipinski definition) is 10. The maximum Gasteiger partial charge on any atom is 0.221 e. The smallest absolute Gasteiger partial charge is 0.221 e. The van der Waals surface area contributed by atoms with Crippen molar-refractivity contribution in [3.8, 4) is 17.7 Å². The monoisotopic (exact) mass is 396 g/mol. The lowest BCUT2D eigenvalue weighted by atomic mass is 10.0. The summed E-state index contributed by atoms with van der Waals surface area (Å²) in [7, 11) is 1.63. The minimum Gasteiger partial charge on any atom is -0.496 e. The molecule has 1 aliphatic heterocycles. The maximum atomic E-state index is 8.83. The average molecular weight is 396 g/mol. The Labute approximate surface area is 168 Å². The summed E-state index contributed by atoms with van der Waals surface area (Å²) < 4.78 is 11.6. The van der Waals surface area contributed by atoms with Crippen LogP contribution in [0.3, 0.4) is 0 Å². The van der Waals surface area contributed by atoms with Gasteiger partial charge in [0.05, 0.1) is 43.9 Å². The van der Waals surface area contributed by atoms with Crippen LogP contribution in [-0.2, 0) is 0 Å². The van der Waals surface area contributed by atoms with Crippen molar-refractivity contribution in [2.45, 2.75) is 31.5 Å². The van der Waals surface area contributed by atoms with E-state index in [1.165, 1.54) is 12.4 Å². The van der Waals surface area contributed by atoms with Crippen molar-refractivity contribution in [2.24, 2.45) is 11.1 Å². The number of aromatic nitrogens is 3. The lowest BCUT2D eigenvalue weighted by Crippen LogP contribution is -2.36. The number of nitrogens with one attached hydrogen (secondary N) is 3. The van der Waals surface area contributed by atoms with Crippen LogP contribution in [0.5, 0.6) is 11.6 Å². The molecule has 152 valence electrons. The number of nitrogens with zero attached hydrogens (tertiary/aromatic N) is 4. The zero-order valence-corrected chi connectivity index (χ0v) is 16.2. The molecule has 1 saturated heterocycles. The predicted molar refractivity (Wildman–Crippen MR) is 105 cm³/mol. The van der Waals surface area contributed by atoms with Crippen LogP contribution < -0.4 is 31.4 Å². The van der Waals surface area contributed by atoms with Gasteiger partial charge in [0.1, 0.15) is 17.6 Å². The highest BCUT2D eigenvalue weighted by atomic mass is 16.5. The minimum atomic E-state index is -0.0983. The normalized spacial score (nSPS) is 22.0. The van der Waals surface area contributed by atoms with E-state index in [0.29, 0.717) is 37.0 Å². The number of nitriles is 1. The van der Waals surface area contributed by atoms with E-state index in [0.717, 1.165) is 18.4 Å². The SMILES string of the molecule is COc1ccnc(OCC2(CN)CC2)c1C1CC(Nc2cnc(C#N)cn2)NN1. The summed E-state index contributed by atoms with van der Waals surface area (Å²) >= 11 is 0. The molecular weight excluding hydrogens is 372 g/mol. The summed E-state index contributed by atoms with van der Waals surface area (Å²) in [6.07, 6.45) is 7.43.